The summed E-state index contributed by atoms with van der Waals surface area (Å²) in [5.41, 5.74) is -1.20. The highest BCUT2D eigenvalue weighted by molar-refractivity contribution is 5.11. The molecule has 0 aromatic carbocycles. The Kier molecular flexibility index (Phi) is 7.33. The summed E-state index contributed by atoms with van der Waals surface area (Å²) in [5.74, 6) is -0.420. The second-order valence-corrected chi connectivity index (χ2v) is 5.42. The van der Waals surface area contributed by atoms with Crippen LogP contribution in [0.5, 0.6) is 5.88 Å². The number of halogens is 3. The summed E-state index contributed by atoms with van der Waals surface area (Å²) in [4.78, 5) is 6.71. The molecule has 7 nitrogen and oxygen atoms in total. The van der Waals surface area contributed by atoms with Crippen LogP contribution in [0.15, 0.2) is 12.4 Å². The van der Waals surface area contributed by atoms with Gasteiger partial charge in [0.05, 0.1) is 25.1 Å². The first-order valence-electron chi connectivity index (χ1n) is 7.18. The van der Waals surface area contributed by atoms with Crippen LogP contribution in [0.25, 0.3) is 0 Å². The number of ether oxygens (including phenoxy) is 2. The van der Waals surface area contributed by atoms with Crippen LogP contribution in [0.3, 0.4) is 0 Å². The highest BCUT2D eigenvalue weighted by Crippen LogP contribution is 2.29. The lowest BCUT2D eigenvalue weighted by Crippen LogP contribution is -2.56. The Bertz CT molecular complexity index is 515. The van der Waals surface area contributed by atoms with Crippen LogP contribution in [-0.2, 0) is 10.9 Å². The normalized spacial score (nSPS) is 27.4. The molecular formula is C14H21F3N2O5. The van der Waals surface area contributed by atoms with E-state index in [4.69, 9.17) is 14.6 Å². The van der Waals surface area contributed by atoms with E-state index >= 15 is 0 Å². The smallest absolute Gasteiger partial charge is 0.435 e. The van der Waals surface area contributed by atoms with E-state index in [0.717, 1.165) is 13.3 Å². The third kappa shape index (κ3) is 5.00. The molecule has 4 atom stereocenters. The molecule has 0 aliphatic carbocycles. The van der Waals surface area contributed by atoms with Gasteiger partial charge < -0.3 is 24.8 Å². The number of aliphatic hydroxyl groups excluding tert-OH is 3. The molecule has 1 aliphatic rings. The lowest BCUT2D eigenvalue weighted by Gasteiger charge is -2.38. The number of aromatic nitrogens is 2. The average molecular weight is 354 g/mol. The lowest BCUT2D eigenvalue weighted by atomic mass is 9.92. The molecule has 2 heterocycles. The zero-order valence-corrected chi connectivity index (χ0v) is 13.4. The van der Waals surface area contributed by atoms with Gasteiger partial charge in [0.2, 0.25) is 5.88 Å². The predicted molar refractivity (Wildman–Crippen MR) is 76.2 cm³/mol. The van der Waals surface area contributed by atoms with Crippen molar-refractivity contribution in [2.45, 2.75) is 44.4 Å². The molecule has 1 saturated heterocycles. The van der Waals surface area contributed by atoms with Crippen molar-refractivity contribution in [2.75, 3.05) is 13.7 Å². The molecule has 1 aromatic heterocycles. The van der Waals surface area contributed by atoms with Gasteiger partial charge in [0.15, 0.2) is 11.8 Å². The summed E-state index contributed by atoms with van der Waals surface area (Å²) in [6.07, 6.45) is -7.15. The van der Waals surface area contributed by atoms with E-state index in [0.29, 0.717) is 6.20 Å². The summed E-state index contributed by atoms with van der Waals surface area (Å²) >= 11 is 0. The minimum atomic E-state index is -4.64. The first-order chi connectivity index (χ1) is 11.2. The van der Waals surface area contributed by atoms with Crippen molar-refractivity contribution in [3.63, 3.8) is 0 Å². The number of hydrogen-bond donors (Lipinski definition) is 3. The van der Waals surface area contributed by atoms with Crippen molar-refractivity contribution in [2.24, 2.45) is 5.92 Å². The van der Waals surface area contributed by atoms with Crippen molar-refractivity contribution in [3.8, 4) is 5.88 Å². The highest BCUT2D eigenvalue weighted by Gasteiger charge is 2.41. The maximum absolute atomic E-state index is 12.6. The predicted octanol–water partition coefficient (Wildman–Crippen LogP) is 0.628. The lowest BCUT2D eigenvalue weighted by molar-refractivity contribution is -0.191. The van der Waals surface area contributed by atoms with Gasteiger partial charge in [-0.05, 0) is 5.92 Å². The maximum Gasteiger partial charge on any atom is 0.435 e. The summed E-state index contributed by atoms with van der Waals surface area (Å²) in [6.45, 7) is 3.57. The second kappa shape index (κ2) is 8.56. The van der Waals surface area contributed by atoms with Gasteiger partial charge in [-0.1, -0.05) is 13.8 Å². The van der Waals surface area contributed by atoms with Crippen LogP contribution in [0.1, 0.15) is 19.5 Å². The molecule has 1 aromatic rings. The molecule has 0 spiro atoms. The fourth-order valence-electron chi connectivity index (χ4n) is 2.20. The molecular weight excluding hydrogens is 333 g/mol. The van der Waals surface area contributed by atoms with Gasteiger partial charge in [-0.25, -0.2) is 4.98 Å². The molecule has 1 fully saturated rings. The Morgan fingerprint density at radius 1 is 1.21 bits per heavy atom. The zero-order chi connectivity index (χ0) is 18.5. The van der Waals surface area contributed by atoms with E-state index in [-0.39, 0.29) is 12.5 Å². The van der Waals surface area contributed by atoms with Crippen LogP contribution in [-0.4, -0.2) is 63.4 Å². The Balaban J connectivity index is 0.00000139. The van der Waals surface area contributed by atoms with Crippen LogP contribution >= 0.6 is 0 Å². The van der Waals surface area contributed by atoms with E-state index in [1.165, 1.54) is 0 Å². The Morgan fingerprint density at radius 2 is 1.83 bits per heavy atom. The zero-order valence-electron chi connectivity index (χ0n) is 13.4. The van der Waals surface area contributed by atoms with Gasteiger partial charge in [-0.3, -0.25) is 4.98 Å². The third-order valence-electron chi connectivity index (χ3n) is 3.35. The summed E-state index contributed by atoms with van der Waals surface area (Å²) in [5, 5.41) is 27.0. The van der Waals surface area contributed by atoms with E-state index < -0.39 is 42.2 Å². The molecule has 138 valence electrons. The molecule has 3 N–H and O–H groups in total. The molecule has 0 amide bonds. The number of nitrogens with zero attached hydrogens (tertiary/aromatic N) is 2. The number of rotatable bonds is 3. The molecule has 0 bridgehead atoms. The quantitative estimate of drug-likeness (QED) is 0.731. The van der Waals surface area contributed by atoms with Crippen LogP contribution in [0, 0.1) is 5.92 Å². The van der Waals surface area contributed by atoms with Crippen molar-refractivity contribution in [1.29, 1.82) is 0 Å². The van der Waals surface area contributed by atoms with Gasteiger partial charge >= 0.3 is 6.18 Å². The van der Waals surface area contributed by atoms with E-state index in [1.54, 1.807) is 0 Å². The van der Waals surface area contributed by atoms with Crippen LogP contribution < -0.4 is 4.74 Å². The van der Waals surface area contributed by atoms with Gasteiger partial charge in [0, 0.05) is 7.11 Å². The highest BCUT2D eigenvalue weighted by atomic mass is 19.4. The van der Waals surface area contributed by atoms with E-state index in [1.807, 2.05) is 13.8 Å². The Hall–Kier alpha value is -1.49. The first kappa shape index (κ1) is 20.6. The standard InChI is InChI=1S/C13H17F3N2O4.CH4O/c1-6(2)12-11(20)10(19)7(5-21-12)22-9-4-17-3-8(18-9)13(14,15)16;1-2/h3-4,6-7,10-12,19-20H,5H2,1-2H3;2H,1H3. The van der Waals surface area contributed by atoms with Crippen molar-refractivity contribution < 1.29 is 38.0 Å². The maximum atomic E-state index is 12.6. The Morgan fingerprint density at radius 3 is 2.38 bits per heavy atom. The second-order valence-electron chi connectivity index (χ2n) is 5.42. The van der Waals surface area contributed by atoms with Gasteiger partial charge in [0.1, 0.15) is 12.2 Å². The van der Waals surface area contributed by atoms with Gasteiger partial charge in [0.25, 0.3) is 0 Å². The third-order valence-corrected chi connectivity index (χ3v) is 3.35. The molecule has 4 unspecified atom stereocenters. The molecule has 1 aliphatic heterocycles. The number of alkyl halides is 3. The monoisotopic (exact) mass is 354 g/mol. The van der Waals surface area contributed by atoms with Gasteiger partial charge in [-0.2, -0.15) is 13.2 Å². The molecule has 0 radical (unpaired) electrons. The average Bonchev–Trinajstić information content (AvgIpc) is 2.53. The van der Waals surface area contributed by atoms with Crippen molar-refractivity contribution >= 4 is 0 Å². The molecule has 2 rings (SSSR count). The minimum absolute atomic E-state index is 0.0288. The SMILES string of the molecule is CC(C)C1OCC(Oc2cncc(C(F)(F)F)n2)C(O)C1O.CO. The fraction of sp³-hybridized carbons (Fsp3) is 0.714. The number of hydrogen-bond acceptors (Lipinski definition) is 7. The molecule has 10 heteroatoms. The van der Waals surface area contributed by atoms with Gasteiger partial charge in [-0.15, -0.1) is 0 Å². The summed E-state index contributed by atoms with van der Waals surface area (Å²) in [6, 6.07) is 0. The summed E-state index contributed by atoms with van der Waals surface area (Å²) in [7, 11) is 1.00. The van der Waals surface area contributed by atoms with Crippen LogP contribution in [0.2, 0.25) is 0 Å². The largest absolute Gasteiger partial charge is 0.468 e. The summed E-state index contributed by atoms with van der Waals surface area (Å²) < 4.78 is 48.3. The minimum Gasteiger partial charge on any atom is -0.468 e. The topological polar surface area (TPSA) is 105 Å². The molecule has 0 saturated carbocycles. The number of aliphatic hydroxyl groups is 3. The fourth-order valence-corrected chi connectivity index (χ4v) is 2.20. The Labute approximate surface area is 137 Å². The first-order valence-corrected chi connectivity index (χ1v) is 7.18. The van der Waals surface area contributed by atoms with Crippen molar-refractivity contribution in [1.82, 2.24) is 9.97 Å². The van der Waals surface area contributed by atoms with Crippen molar-refractivity contribution in [3.05, 3.63) is 18.1 Å². The molecule has 24 heavy (non-hydrogen) atoms. The van der Waals surface area contributed by atoms with Crippen LogP contribution in [0.4, 0.5) is 13.2 Å². The van der Waals surface area contributed by atoms with E-state index in [2.05, 4.69) is 9.97 Å². The van der Waals surface area contributed by atoms with E-state index in [9.17, 15) is 23.4 Å².